The summed E-state index contributed by atoms with van der Waals surface area (Å²) in [4.78, 5) is 82.3. The number of primary amides is 2. The third kappa shape index (κ3) is 13.5. The molecular weight excluding hydrogens is 470 g/mol. The lowest BCUT2D eigenvalue weighted by molar-refractivity contribution is -0.144. The van der Waals surface area contributed by atoms with Crippen LogP contribution in [0.5, 0.6) is 0 Å². The number of aliphatic carboxylic acids is 2. The second kappa shape index (κ2) is 15.9. The highest BCUT2D eigenvalue weighted by atomic mass is 16.4. The van der Waals surface area contributed by atoms with Crippen LogP contribution >= 0.6 is 0 Å². The van der Waals surface area contributed by atoms with E-state index in [-0.39, 0.29) is 19.3 Å². The van der Waals surface area contributed by atoms with E-state index in [4.69, 9.17) is 33.1 Å². The minimum absolute atomic E-state index is 0.258. The molecule has 0 aliphatic carbocycles. The summed E-state index contributed by atoms with van der Waals surface area (Å²) in [6, 6.07) is -5.99. The number of amides is 5. The fraction of sp³-hybridized carbons (Fsp3) is 0.632. The maximum Gasteiger partial charge on any atom is 0.326 e. The fourth-order valence-electron chi connectivity index (χ4n) is 2.80. The molecule has 198 valence electrons. The van der Waals surface area contributed by atoms with Crippen molar-refractivity contribution in [1.29, 1.82) is 0 Å². The molecule has 0 radical (unpaired) electrons. The molecule has 0 heterocycles. The smallest absolute Gasteiger partial charge is 0.326 e. The van der Waals surface area contributed by atoms with Gasteiger partial charge in [0.1, 0.15) is 18.1 Å². The number of carboxylic acids is 2. The maximum atomic E-state index is 12.8. The van der Waals surface area contributed by atoms with Gasteiger partial charge in [-0.1, -0.05) is 6.42 Å². The number of carboxylic acid groups (broad SMARTS) is 2. The molecule has 13 N–H and O–H groups in total. The van der Waals surface area contributed by atoms with Crippen molar-refractivity contribution < 1.29 is 43.8 Å². The number of carbonyl (C=O) groups is 7. The molecule has 5 amide bonds. The Bertz CT molecular complexity index is 806. The third-order valence-electron chi connectivity index (χ3n) is 4.65. The molecule has 0 aromatic rings. The Morgan fingerprint density at radius 3 is 1.71 bits per heavy atom. The van der Waals surface area contributed by atoms with Gasteiger partial charge in [0.25, 0.3) is 0 Å². The van der Waals surface area contributed by atoms with Crippen LogP contribution in [0.1, 0.15) is 44.9 Å². The summed E-state index contributed by atoms with van der Waals surface area (Å²) < 4.78 is 0. The molecule has 16 nitrogen and oxygen atoms in total. The van der Waals surface area contributed by atoms with Crippen molar-refractivity contribution in [3.05, 3.63) is 0 Å². The van der Waals surface area contributed by atoms with Crippen LogP contribution in [0.2, 0.25) is 0 Å². The third-order valence-corrected chi connectivity index (χ3v) is 4.65. The lowest BCUT2D eigenvalue weighted by atomic mass is 10.1. The molecule has 0 aromatic heterocycles. The molecule has 0 fully saturated rings. The van der Waals surface area contributed by atoms with Gasteiger partial charge >= 0.3 is 11.9 Å². The van der Waals surface area contributed by atoms with Crippen LogP contribution in [0, 0.1) is 0 Å². The molecule has 4 atom stereocenters. The van der Waals surface area contributed by atoms with E-state index < -0.39 is 78.5 Å². The van der Waals surface area contributed by atoms with Crippen molar-refractivity contribution in [2.24, 2.45) is 22.9 Å². The number of unbranched alkanes of at least 4 members (excludes halogenated alkanes) is 1. The normalized spacial score (nSPS) is 14.0. The van der Waals surface area contributed by atoms with Gasteiger partial charge in [-0.3, -0.25) is 28.8 Å². The Morgan fingerprint density at radius 1 is 0.686 bits per heavy atom. The van der Waals surface area contributed by atoms with Gasteiger partial charge in [-0.2, -0.15) is 0 Å². The van der Waals surface area contributed by atoms with Crippen molar-refractivity contribution in [2.75, 3.05) is 6.54 Å². The van der Waals surface area contributed by atoms with E-state index in [9.17, 15) is 33.6 Å². The topological polar surface area (TPSA) is 300 Å². The summed E-state index contributed by atoms with van der Waals surface area (Å²) in [7, 11) is 0. The standard InChI is InChI=1S/C19H33N7O9/c20-6-2-1-3-9(21)16(31)24-10(4-5-13(22)27)17(32)25-11(8-15(29)30)18(33)26-12(19(34)35)7-14(23)28/h9-12H,1-8,20-21H2,(H2,22,27)(H2,23,28)(H,24,31)(H,25,32)(H,26,33)(H,29,30)(H,34,35). The van der Waals surface area contributed by atoms with Crippen molar-refractivity contribution in [1.82, 2.24) is 16.0 Å². The number of hydrogen-bond acceptors (Lipinski definition) is 9. The summed E-state index contributed by atoms with van der Waals surface area (Å²) in [5.41, 5.74) is 21.2. The van der Waals surface area contributed by atoms with E-state index in [1.807, 2.05) is 5.32 Å². The highest BCUT2D eigenvalue weighted by Crippen LogP contribution is 2.04. The molecule has 16 heteroatoms. The Kier molecular flexibility index (Phi) is 14.2. The van der Waals surface area contributed by atoms with Crippen LogP contribution in [-0.2, 0) is 33.6 Å². The van der Waals surface area contributed by atoms with E-state index in [2.05, 4.69) is 10.6 Å². The van der Waals surface area contributed by atoms with Gasteiger partial charge in [0.05, 0.1) is 18.9 Å². The average molecular weight is 504 g/mol. The summed E-state index contributed by atoms with van der Waals surface area (Å²) >= 11 is 0. The van der Waals surface area contributed by atoms with Gasteiger partial charge in [0, 0.05) is 6.42 Å². The molecule has 0 aliphatic heterocycles. The quantitative estimate of drug-likeness (QED) is 0.0804. The van der Waals surface area contributed by atoms with Gasteiger partial charge in [0.2, 0.25) is 29.5 Å². The minimum Gasteiger partial charge on any atom is -0.481 e. The van der Waals surface area contributed by atoms with Crippen molar-refractivity contribution >= 4 is 41.5 Å². The lowest BCUT2D eigenvalue weighted by Crippen LogP contribution is -2.57. The van der Waals surface area contributed by atoms with Gasteiger partial charge in [-0.15, -0.1) is 0 Å². The predicted molar refractivity (Wildman–Crippen MR) is 119 cm³/mol. The van der Waals surface area contributed by atoms with E-state index in [1.54, 1.807) is 0 Å². The Labute approximate surface area is 200 Å². The average Bonchev–Trinajstić information content (AvgIpc) is 2.74. The minimum atomic E-state index is -1.79. The summed E-state index contributed by atoms with van der Waals surface area (Å²) in [6.07, 6.45) is -0.956. The summed E-state index contributed by atoms with van der Waals surface area (Å²) in [5, 5.41) is 24.6. The molecule has 0 aliphatic rings. The fourth-order valence-corrected chi connectivity index (χ4v) is 2.80. The Hall–Kier alpha value is -3.79. The molecule has 0 saturated carbocycles. The lowest BCUT2D eigenvalue weighted by Gasteiger charge is -2.24. The number of carbonyl (C=O) groups excluding carboxylic acids is 5. The highest BCUT2D eigenvalue weighted by Gasteiger charge is 2.32. The summed E-state index contributed by atoms with van der Waals surface area (Å²) in [6.45, 7) is 0.396. The van der Waals surface area contributed by atoms with Crippen LogP contribution < -0.4 is 38.9 Å². The molecule has 0 rings (SSSR count). The first-order chi connectivity index (χ1) is 16.3. The van der Waals surface area contributed by atoms with Gasteiger partial charge in [-0.05, 0) is 25.8 Å². The van der Waals surface area contributed by atoms with Crippen LogP contribution in [0.4, 0.5) is 0 Å². The number of rotatable bonds is 18. The number of nitrogens with one attached hydrogen (secondary N) is 3. The van der Waals surface area contributed by atoms with Gasteiger partial charge < -0.3 is 49.1 Å². The van der Waals surface area contributed by atoms with E-state index in [0.717, 1.165) is 0 Å². The zero-order valence-corrected chi connectivity index (χ0v) is 19.0. The highest BCUT2D eigenvalue weighted by molar-refractivity contribution is 5.96. The first-order valence-corrected chi connectivity index (χ1v) is 10.7. The largest absolute Gasteiger partial charge is 0.481 e. The molecule has 0 saturated heterocycles. The van der Waals surface area contributed by atoms with E-state index in [1.165, 1.54) is 0 Å². The molecule has 0 spiro atoms. The van der Waals surface area contributed by atoms with Gasteiger partial charge in [-0.25, -0.2) is 4.79 Å². The molecule has 0 aromatic carbocycles. The maximum absolute atomic E-state index is 12.8. The van der Waals surface area contributed by atoms with Crippen molar-refractivity contribution in [3.8, 4) is 0 Å². The molecule has 35 heavy (non-hydrogen) atoms. The Balaban J connectivity index is 5.53. The van der Waals surface area contributed by atoms with Crippen LogP contribution in [0.3, 0.4) is 0 Å². The second-order valence-electron chi connectivity index (χ2n) is 7.69. The summed E-state index contributed by atoms with van der Waals surface area (Å²) in [5.74, 6) is -7.99. The van der Waals surface area contributed by atoms with Crippen LogP contribution in [0.15, 0.2) is 0 Å². The molecule has 0 bridgehead atoms. The van der Waals surface area contributed by atoms with E-state index in [0.29, 0.717) is 19.4 Å². The molecular formula is C19H33N7O9. The number of nitrogens with two attached hydrogens (primary N) is 4. The van der Waals surface area contributed by atoms with Crippen molar-refractivity contribution in [2.45, 2.75) is 69.1 Å². The van der Waals surface area contributed by atoms with E-state index >= 15 is 0 Å². The monoisotopic (exact) mass is 503 g/mol. The van der Waals surface area contributed by atoms with Crippen LogP contribution in [0.25, 0.3) is 0 Å². The zero-order valence-electron chi connectivity index (χ0n) is 19.0. The SMILES string of the molecule is NCCCCC(N)C(=O)NC(CCC(N)=O)C(=O)NC(CC(=O)O)C(=O)NC(CC(N)=O)C(=O)O. The first-order valence-electron chi connectivity index (χ1n) is 10.7. The second-order valence-corrected chi connectivity index (χ2v) is 7.69. The first kappa shape index (κ1) is 31.2. The van der Waals surface area contributed by atoms with Gasteiger partial charge in [0.15, 0.2) is 0 Å². The Morgan fingerprint density at radius 2 is 1.23 bits per heavy atom. The zero-order chi connectivity index (χ0) is 27.1. The number of hydrogen-bond donors (Lipinski definition) is 9. The van der Waals surface area contributed by atoms with Crippen molar-refractivity contribution in [3.63, 3.8) is 0 Å². The predicted octanol–water partition coefficient (Wildman–Crippen LogP) is -4.40. The molecule has 4 unspecified atom stereocenters. The van der Waals surface area contributed by atoms with Crippen LogP contribution in [-0.4, -0.2) is 82.4 Å².